The SMILES string of the molecule is C=CN1CCN(C)C1C.Cc1ccc(S(=O)(=O)O)cc1. The predicted molar refractivity (Wildman–Crippen MR) is 80.0 cm³/mol. The largest absolute Gasteiger partial charge is 0.361 e. The highest BCUT2D eigenvalue weighted by atomic mass is 32.2. The van der Waals surface area contributed by atoms with Gasteiger partial charge in [-0.1, -0.05) is 24.3 Å². The number of benzene rings is 1. The van der Waals surface area contributed by atoms with Crippen LogP contribution >= 0.6 is 0 Å². The monoisotopic (exact) mass is 298 g/mol. The Morgan fingerprint density at radius 2 is 1.85 bits per heavy atom. The van der Waals surface area contributed by atoms with Crippen LogP contribution in [0.4, 0.5) is 0 Å². The van der Waals surface area contributed by atoms with E-state index in [0.717, 1.165) is 18.7 Å². The van der Waals surface area contributed by atoms with Gasteiger partial charge in [0.25, 0.3) is 10.1 Å². The average molecular weight is 298 g/mol. The van der Waals surface area contributed by atoms with Gasteiger partial charge in [-0.05, 0) is 39.2 Å². The molecule has 6 heteroatoms. The molecule has 112 valence electrons. The molecule has 0 radical (unpaired) electrons. The molecule has 1 unspecified atom stereocenters. The molecule has 1 aromatic rings. The Balaban J connectivity index is 0.000000204. The average Bonchev–Trinajstić information content (AvgIpc) is 2.70. The van der Waals surface area contributed by atoms with E-state index in [0.29, 0.717) is 6.17 Å². The lowest BCUT2D eigenvalue weighted by Crippen LogP contribution is -2.29. The Bertz CT molecular complexity index is 540. The first-order valence-corrected chi connectivity index (χ1v) is 7.82. The van der Waals surface area contributed by atoms with Gasteiger partial charge in [0.2, 0.25) is 0 Å². The fourth-order valence-corrected chi connectivity index (χ4v) is 2.33. The molecule has 1 aliphatic heterocycles. The van der Waals surface area contributed by atoms with Crippen LogP contribution in [0.5, 0.6) is 0 Å². The summed E-state index contributed by atoms with van der Waals surface area (Å²) in [6.07, 6.45) is 2.45. The van der Waals surface area contributed by atoms with Crippen molar-refractivity contribution in [1.29, 1.82) is 0 Å². The molecule has 0 amide bonds. The zero-order chi connectivity index (χ0) is 15.3. The Hall–Kier alpha value is -1.37. The van der Waals surface area contributed by atoms with E-state index >= 15 is 0 Å². The second-order valence-electron chi connectivity index (χ2n) is 4.82. The van der Waals surface area contributed by atoms with Gasteiger partial charge in [-0.15, -0.1) is 0 Å². The molecule has 1 N–H and O–H groups in total. The summed E-state index contributed by atoms with van der Waals surface area (Å²) in [4.78, 5) is 4.48. The minimum Gasteiger partial charge on any atom is -0.361 e. The van der Waals surface area contributed by atoms with E-state index < -0.39 is 10.1 Å². The molecule has 5 nitrogen and oxygen atoms in total. The Labute approximate surface area is 121 Å². The lowest BCUT2D eigenvalue weighted by Gasteiger charge is -2.21. The Morgan fingerprint density at radius 3 is 2.15 bits per heavy atom. The first-order chi connectivity index (χ1) is 9.25. The van der Waals surface area contributed by atoms with Gasteiger partial charge in [0.05, 0.1) is 11.1 Å². The van der Waals surface area contributed by atoms with Crippen molar-refractivity contribution < 1.29 is 13.0 Å². The second kappa shape index (κ2) is 6.88. The zero-order valence-electron chi connectivity index (χ0n) is 12.2. The molecule has 1 saturated heterocycles. The van der Waals surface area contributed by atoms with Crippen LogP contribution in [0.25, 0.3) is 0 Å². The molecule has 20 heavy (non-hydrogen) atoms. The van der Waals surface area contributed by atoms with E-state index in [1.807, 2.05) is 13.1 Å². The van der Waals surface area contributed by atoms with Crippen molar-refractivity contribution in [1.82, 2.24) is 9.80 Å². The van der Waals surface area contributed by atoms with E-state index in [1.165, 1.54) is 12.1 Å². The van der Waals surface area contributed by atoms with Crippen molar-refractivity contribution in [2.75, 3.05) is 20.1 Å². The van der Waals surface area contributed by atoms with E-state index in [9.17, 15) is 8.42 Å². The predicted octanol–water partition coefficient (Wildman–Crippen LogP) is 1.97. The molecule has 0 aliphatic carbocycles. The third kappa shape index (κ3) is 4.63. The van der Waals surface area contributed by atoms with E-state index in [4.69, 9.17) is 4.55 Å². The number of aryl methyl sites for hydroxylation is 1. The first-order valence-electron chi connectivity index (χ1n) is 6.38. The highest BCUT2D eigenvalue weighted by Crippen LogP contribution is 2.10. The van der Waals surface area contributed by atoms with Crippen LogP contribution in [0, 0.1) is 6.92 Å². The van der Waals surface area contributed by atoms with Crippen LogP contribution < -0.4 is 0 Å². The molecule has 1 fully saturated rings. The molecule has 0 bridgehead atoms. The molecular weight excluding hydrogens is 276 g/mol. The number of hydrogen-bond acceptors (Lipinski definition) is 4. The first kappa shape index (κ1) is 16.7. The molecule has 0 spiro atoms. The van der Waals surface area contributed by atoms with Crippen molar-refractivity contribution in [3.8, 4) is 0 Å². The Morgan fingerprint density at radius 1 is 1.30 bits per heavy atom. The van der Waals surface area contributed by atoms with Crippen molar-refractivity contribution in [3.05, 3.63) is 42.6 Å². The number of hydrogen-bond donors (Lipinski definition) is 1. The van der Waals surface area contributed by atoms with Gasteiger partial charge >= 0.3 is 0 Å². The molecular formula is C14H22N2O3S. The van der Waals surface area contributed by atoms with Crippen LogP contribution in [0.15, 0.2) is 41.9 Å². The highest BCUT2D eigenvalue weighted by Gasteiger charge is 2.20. The van der Waals surface area contributed by atoms with Gasteiger partial charge in [-0.3, -0.25) is 9.45 Å². The van der Waals surface area contributed by atoms with Crippen molar-refractivity contribution in [2.24, 2.45) is 0 Å². The van der Waals surface area contributed by atoms with Gasteiger partial charge in [0.1, 0.15) is 0 Å². The van der Waals surface area contributed by atoms with Gasteiger partial charge in [0.15, 0.2) is 0 Å². The summed E-state index contributed by atoms with van der Waals surface area (Å²) in [6.45, 7) is 10.0. The fourth-order valence-electron chi connectivity index (χ4n) is 1.85. The van der Waals surface area contributed by atoms with Crippen LogP contribution in [0.1, 0.15) is 12.5 Å². The summed E-state index contributed by atoms with van der Waals surface area (Å²) < 4.78 is 29.6. The van der Waals surface area contributed by atoms with E-state index in [-0.39, 0.29) is 4.90 Å². The fraction of sp³-hybridized carbons (Fsp3) is 0.429. The molecule has 0 saturated carbocycles. The number of nitrogens with zero attached hydrogens (tertiary/aromatic N) is 2. The highest BCUT2D eigenvalue weighted by molar-refractivity contribution is 7.85. The second-order valence-corrected chi connectivity index (χ2v) is 6.24. The van der Waals surface area contributed by atoms with Crippen LogP contribution in [-0.4, -0.2) is 49.1 Å². The molecule has 1 aliphatic rings. The number of rotatable bonds is 2. The van der Waals surface area contributed by atoms with Gasteiger partial charge < -0.3 is 4.90 Å². The number of likely N-dealkylation sites (N-methyl/N-ethyl adjacent to an activating group) is 1. The summed E-state index contributed by atoms with van der Waals surface area (Å²) in [7, 11) is -1.89. The minimum absolute atomic E-state index is 0.0666. The van der Waals surface area contributed by atoms with Crippen molar-refractivity contribution in [2.45, 2.75) is 24.9 Å². The van der Waals surface area contributed by atoms with E-state index in [2.05, 4.69) is 30.4 Å². The van der Waals surface area contributed by atoms with Crippen molar-refractivity contribution in [3.63, 3.8) is 0 Å². The van der Waals surface area contributed by atoms with Crippen molar-refractivity contribution >= 4 is 10.1 Å². The molecule has 1 aromatic carbocycles. The maximum atomic E-state index is 10.5. The lowest BCUT2D eigenvalue weighted by atomic mass is 10.2. The minimum atomic E-state index is -4.02. The van der Waals surface area contributed by atoms with Crippen LogP contribution in [-0.2, 0) is 10.1 Å². The summed E-state index contributed by atoms with van der Waals surface area (Å²) in [5.41, 5.74) is 0.956. The maximum absolute atomic E-state index is 10.5. The summed E-state index contributed by atoms with van der Waals surface area (Å²) in [5.74, 6) is 0. The third-order valence-electron chi connectivity index (χ3n) is 3.38. The van der Waals surface area contributed by atoms with Crippen LogP contribution in [0.3, 0.4) is 0 Å². The third-order valence-corrected chi connectivity index (χ3v) is 4.25. The smallest absolute Gasteiger partial charge is 0.294 e. The van der Waals surface area contributed by atoms with Gasteiger partial charge in [0, 0.05) is 13.1 Å². The zero-order valence-corrected chi connectivity index (χ0v) is 13.0. The standard InChI is InChI=1S/C7H14N2.C7H8O3S/c1-4-9-6-5-8(3)7(9)2;1-6-2-4-7(5-3-6)11(8,9)10/h4,7H,1,5-6H2,2-3H3;2-5H,1H3,(H,8,9,10). The molecule has 0 aromatic heterocycles. The summed E-state index contributed by atoms with van der Waals surface area (Å²) in [6, 6.07) is 5.99. The molecule has 2 rings (SSSR count). The normalized spacial score (nSPS) is 19.4. The van der Waals surface area contributed by atoms with Gasteiger partial charge in [-0.2, -0.15) is 8.42 Å². The quantitative estimate of drug-likeness (QED) is 0.846. The maximum Gasteiger partial charge on any atom is 0.294 e. The van der Waals surface area contributed by atoms with Crippen LogP contribution in [0.2, 0.25) is 0 Å². The van der Waals surface area contributed by atoms with E-state index in [1.54, 1.807) is 12.1 Å². The molecule has 1 heterocycles. The lowest BCUT2D eigenvalue weighted by molar-refractivity contribution is 0.228. The summed E-state index contributed by atoms with van der Waals surface area (Å²) >= 11 is 0. The topological polar surface area (TPSA) is 60.9 Å². The molecule has 1 atom stereocenters. The Kier molecular flexibility index (Phi) is 5.74. The van der Waals surface area contributed by atoms with Gasteiger partial charge in [-0.25, -0.2) is 0 Å². The summed E-state index contributed by atoms with van der Waals surface area (Å²) in [5, 5.41) is 0.